The van der Waals surface area contributed by atoms with Gasteiger partial charge in [0, 0.05) is 37.7 Å². The molecule has 1 aromatic rings. The van der Waals surface area contributed by atoms with E-state index in [0.717, 1.165) is 37.7 Å². The quantitative estimate of drug-likeness (QED) is 0.172. The summed E-state index contributed by atoms with van der Waals surface area (Å²) in [5.74, 6) is 4.25. The number of carbonyl (C=O) groups excluding carboxylic acids is 4. The first-order valence-corrected chi connectivity index (χ1v) is 12.7. The molecule has 0 aromatic heterocycles. The van der Waals surface area contributed by atoms with Gasteiger partial charge in [-0.15, -0.1) is 29.8 Å². The summed E-state index contributed by atoms with van der Waals surface area (Å²) in [5, 5.41) is 0.513. The van der Waals surface area contributed by atoms with E-state index in [1.165, 1.54) is 0 Å². The van der Waals surface area contributed by atoms with Gasteiger partial charge in [0.25, 0.3) is 11.8 Å². The number of hydrogen-bond donors (Lipinski definition) is 0. The molecular formula is C29H35NO7. The molecule has 2 amide bonds. The second kappa shape index (κ2) is 16.1. The van der Waals surface area contributed by atoms with Gasteiger partial charge >= 0.3 is 5.97 Å². The highest BCUT2D eigenvalue weighted by Crippen LogP contribution is 2.34. The largest absolute Gasteiger partial charge is 0.493 e. The number of Topliss-reactive ketones (excluding diaryl/α,β-unsaturated/α-hetero) is 1. The van der Waals surface area contributed by atoms with Gasteiger partial charge in [-0.25, -0.2) is 4.79 Å². The normalized spacial score (nSPS) is 12.7. The van der Waals surface area contributed by atoms with Crippen LogP contribution < -0.4 is 9.47 Å². The van der Waals surface area contributed by atoms with Gasteiger partial charge in [-0.2, -0.15) is 0 Å². The lowest BCUT2D eigenvalue weighted by atomic mass is 10.0. The highest BCUT2D eigenvalue weighted by molar-refractivity contribution is 6.02. The van der Waals surface area contributed by atoms with Gasteiger partial charge in [-0.05, 0) is 64.0 Å². The van der Waals surface area contributed by atoms with Crippen LogP contribution in [0.5, 0.6) is 11.5 Å². The fourth-order valence-corrected chi connectivity index (χ4v) is 3.73. The lowest BCUT2D eigenvalue weighted by molar-refractivity contribution is -0.172. The number of carbonyl (C=O) groups is 4. The average molecular weight is 510 g/mol. The van der Waals surface area contributed by atoms with E-state index in [0.29, 0.717) is 61.9 Å². The molecule has 0 atom stereocenters. The average Bonchev–Trinajstić information content (AvgIpc) is 3.18. The Hall–Kier alpha value is -3.78. The molecule has 198 valence electrons. The van der Waals surface area contributed by atoms with Crippen LogP contribution >= 0.6 is 0 Å². The Labute approximate surface area is 219 Å². The molecule has 0 spiro atoms. The van der Waals surface area contributed by atoms with Gasteiger partial charge in [-0.3, -0.25) is 9.59 Å². The van der Waals surface area contributed by atoms with Crippen molar-refractivity contribution in [1.82, 2.24) is 5.06 Å². The number of nitrogens with zero attached hydrogens (tertiary/aromatic N) is 1. The maximum Gasteiger partial charge on any atom is 0.364 e. The standard InChI is InChI=1S/C29H35NO7/c1-4-6-8-12-18-35-25-20-23(29(34)37-30-27(32)16-17-28(30)33)21-26(36-19-13-9-7-5-2)24(25)15-11-10-14-22(3)31/h1-2,20-21H,6-19H2,3H3. The van der Waals surface area contributed by atoms with Crippen LogP contribution in [0.15, 0.2) is 12.1 Å². The second-order valence-corrected chi connectivity index (χ2v) is 8.84. The van der Waals surface area contributed by atoms with Crippen molar-refractivity contribution in [3.8, 4) is 36.2 Å². The van der Waals surface area contributed by atoms with Crippen molar-refractivity contribution in [2.24, 2.45) is 0 Å². The smallest absolute Gasteiger partial charge is 0.364 e. The molecule has 8 heteroatoms. The van der Waals surface area contributed by atoms with Crippen LogP contribution in [-0.4, -0.2) is 41.8 Å². The predicted octanol–water partition coefficient (Wildman–Crippen LogP) is 4.57. The highest BCUT2D eigenvalue weighted by atomic mass is 16.7. The Morgan fingerprint density at radius 2 is 1.41 bits per heavy atom. The van der Waals surface area contributed by atoms with Gasteiger partial charge in [-0.1, -0.05) is 0 Å². The molecule has 2 rings (SSSR count). The summed E-state index contributed by atoms with van der Waals surface area (Å²) in [6.07, 6.45) is 17.5. The topological polar surface area (TPSA) is 99.2 Å². The third-order valence-corrected chi connectivity index (χ3v) is 5.74. The first-order valence-electron chi connectivity index (χ1n) is 12.7. The molecule has 0 saturated carbocycles. The molecule has 37 heavy (non-hydrogen) atoms. The molecule has 1 aliphatic rings. The number of imide groups is 1. The van der Waals surface area contributed by atoms with Crippen LogP contribution in [-0.2, 0) is 25.6 Å². The van der Waals surface area contributed by atoms with E-state index in [1.807, 2.05) is 0 Å². The minimum atomic E-state index is -0.860. The summed E-state index contributed by atoms with van der Waals surface area (Å²) in [6.45, 7) is 2.32. The van der Waals surface area contributed by atoms with Gasteiger partial charge in [0.05, 0.1) is 18.8 Å². The summed E-state index contributed by atoms with van der Waals surface area (Å²) < 4.78 is 12.1. The summed E-state index contributed by atoms with van der Waals surface area (Å²) in [7, 11) is 0. The Kier molecular flexibility index (Phi) is 12.8. The van der Waals surface area contributed by atoms with Crippen molar-refractivity contribution in [3.05, 3.63) is 23.3 Å². The summed E-state index contributed by atoms with van der Waals surface area (Å²) in [6, 6.07) is 3.08. The van der Waals surface area contributed by atoms with Crippen LogP contribution in [0.1, 0.15) is 93.5 Å². The van der Waals surface area contributed by atoms with E-state index in [2.05, 4.69) is 11.8 Å². The van der Waals surface area contributed by atoms with Gasteiger partial charge < -0.3 is 19.1 Å². The van der Waals surface area contributed by atoms with Crippen LogP contribution in [0.3, 0.4) is 0 Å². The molecule has 1 heterocycles. The number of hydrogen-bond acceptors (Lipinski definition) is 7. The predicted molar refractivity (Wildman–Crippen MR) is 138 cm³/mol. The SMILES string of the molecule is C#CCCCCOc1cc(C(=O)ON2C(=O)CCC2=O)cc(OCCCCC#C)c1CCCCC(C)=O. The molecule has 1 aliphatic heterocycles. The zero-order valence-corrected chi connectivity index (χ0v) is 21.5. The minimum Gasteiger partial charge on any atom is -0.493 e. The van der Waals surface area contributed by atoms with Crippen molar-refractivity contribution >= 4 is 23.6 Å². The molecule has 0 N–H and O–H groups in total. The summed E-state index contributed by atoms with van der Waals surface area (Å²) >= 11 is 0. The molecule has 8 nitrogen and oxygen atoms in total. The Balaban J connectivity index is 2.30. The second-order valence-electron chi connectivity index (χ2n) is 8.84. The third-order valence-electron chi connectivity index (χ3n) is 5.74. The molecule has 0 unspecified atom stereocenters. The van der Waals surface area contributed by atoms with E-state index >= 15 is 0 Å². The molecule has 0 radical (unpaired) electrons. The monoisotopic (exact) mass is 509 g/mol. The Morgan fingerprint density at radius 3 is 1.89 bits per heavy atom. The number of unbranched alkanes of at least 4 members (excludes halogenated alkanes) is 5. The van der Waals surface area contributed by atoms with Crippen LogP contribution in [0.4, 0.5) is 0 Å². The lowest BCUT2D eigenvalue weighted by Crippen LogP contribution is -2.32. The summed E-state index contributed by atoms with van der Waals surface area (Å²) in [5.41, 5.74) is 0.875. The fourth-order valence-electron chi connectivity index (χ4n) is 3.73. The molecule has 1 fully saturated rings. The molecule has 0 aliphatic carbocycles. The third kappa shape index (κ3) is 10.0. The van der Waals surface area contributed by atoms with Gasteiger partial charge in [0.15, 0.2) is 0 Å². The van der Waals surface area contributed by atoms with Crippen molar-refractivity contribution in [2.75, 3.05) is 13.2 Å². The number of benzene rings is 1. The first-order chi connectivity index (χ1) is 17.9. The van der Waals surface area contributed by atoms with Crippen molar-refractivity contribution in [3.63, 3.8) is 0 Å². The van der Waals surface area contributed by atoms with Crippen molar-refractivity contribution < 1.29 is 33.5 Å². The Morgan fingerprint density at radius 1 is 0.865 bits per heavy atom. The van der Waals surface area contributed by atoms with Crippen LogP contribution in [0, 0.1) is 24.7 Å². The zero-order chi connectivity index (χ0) is 27.0. The number of amides is 2. The number of rotatable bonds is 17. The summed E-state index contributed by atoms with van der Waals surface area (Å²) in [4.78, 5) is 53.2. The van der Waals surface area contributed by atoms with E-state index in [-0.39, 0.29) is 24.2 Å². The fraction of sp³-hybridized carbons (Fsp3) is 0.517. The maximum absolute atomic E-state index is 12.9. The first kappa shape index (κ1) is 29.5. The lowest BCUT2D eigenvalue weighted by Gasteiger charge is -2.19. The van der Waals surface area contributed by atoms with Crippen LogP contribution in [0.25, 0.3) is 0 Å². The zero-order valence-electron chi connectivity index (χ0n) is 21.5. The Bertz CT molecular complexity index is 986. The van der Waals surface area contributed by atoms with E-state index in [1.54, 1.807) is 19.1 Å². The van der Waals surface area contributed by atoms with E-state index < -0.39 is 17.8 Å². The number of hydroxylamine groups is 2. The van der Waals surface area contributed by atoms with Gasteiger partial charge in [0.2, 0.25) is 0 Å². The van der Waals surface area contributed by atoms with Crippen molar-refractivity contribution in [2.45, 2.75) is 84.0 Å². The van der Waals surface area contributed by atoms with E-state index in [9.17, 15) is 19.2 Å². The molecule has 1 saturated heterocycles. The number of ether oxygens (including phenoxy) is 2. The van der Waals surface area contributed by atoms with Crippen molar-refractivity contribution in [1.29, 1.82) is 0 Å². The van der Waals surface area contributed by atoms with E-state index in [4.69, 9.17) is 27.2 Å². The van der Waals surface area contributed by atoms with Crippen LogP contribution in [0.2, 0.25) is 0 Å². The molecular weight excluding hydrogens is 474 g/mol. The maximum atomic E-state index is 12.9. The number of terminal acetylenes is 2. The molecule has 0 bridgehead atoms. The number of ketones is 1. The highest BCUT2D eigenvalue weighted by Gasteiger charge is 2.33. The van der Waals surface area contributed by atoms with Gasteiger partial charge in [0.1, 0.15) is 17.3 Å². The minimum absolute atomic E-state index is 0.00332. The molecule has 1 aromatic carbocycles.